The molecule has 2 N–H and O–H groups in total. The van der Waals surface area contributed by atoms with Crippen LogP contribution in [0.3, 0.4) is 0 Å². The van der Waals surface area contributed by atoms with E-state index < -0.39 is 0 Å². The molecule has 2 heterocycles. The monoisotopic (exact) mass is 277 g/mol. The first kappa shape index (κ1) is 12.5. The van der Waals surface area contributed by atoms with Gasteiger partial charge in [0.2, 0.25) is 5.91 Å². The van der Waals surface area contributed by atoms with E-state index in [4.69, 9.17) is 11.6 Å². The van der Waals surface area contributed by atoms with Crippen LogP contribution in [0.15, 0.2) is 24.4 Å². The van der Waals surface area contributed by atoms with Crippen LogP contribution >= 0.6 is 11.6 Å². The number of hydrogen-bond acceptors (Lipinski definition) is 2. The minimum atomic E-state index is -0.0725. The summed E-state index contributed by atoms with van der Waals surface area (Å²) in [6.45, 7) is 4.33. The van der Waals surface area contributed by atoms with Gasteiger partial charge in [0.15, 0.2) is 0 Å². The first-order chi connectivity index (χ1) is 9.15. The van der Waals surface area contributed by atoms with Crippen molar-refractivity contribution in [3.8, 4) is 0 Å². The summed E-state index contributed by atoms with van der Waals surface area (Å²) in [7, 11) is 0. The van der Waals surface area contributed by atoms with Crippen molar-refractivity contribution in [3.05, 3.63) is 35.0 Å². The molecule has 0 bridgehead atoms. The molecule has 1 aliphatic heterocycles. The highest BCUT2D eigenvalue weighted by atomic mass is 35.5. The number of amides is 1. The Morgan fingerprint density at radius 1 is 1.47 bits per heavy atom. The third kappa shape index (κ3) is 2.33. The smallest absolute Gasteiger partial charge is 0.237 e. The predicted molar refractivity (Wildman–Crippen MR) is 76.2 cm³/mol. The van der Waals surface area contributed by atoms with Crippen molar-refractivity contribution in [2.75, 3.05) is 13.1 Å². The Morgan fingerprint density at radius 3 is 3.16 bits per heavy atom. The zero-order chi connectivity index (χ0) is 13.4. The Kier molecular flexibility index (Phi) is 3.21. The van der Waals surface area contributed by atoms with E-state index in [0.717, 1.165) is 35.6 Å². The molecule has 4 nitrogen and oxygen atoms in total. The van der Waals surface area contributed by atoms with Gasteiger partial charge in [-0.2, -0.15) is 0 Å². The molecule has 1 aliphatic rings. The SMILES string of the molecule is C[C@H]1C(=O)NCCN1Cc1ccc2c(Cl)c[nH]c2c1. The standard InChI is InChI=1S/C14H16ClN3O/c1-9-14(19)16-4-5-18(9)8-10-2-3-11-12(15)7-17-13(11)6-10/h2-3,6-7,9,17H,4-5,8H2,1H3,(H,16,19)/t9-/m0/s1. The van der Waals surface area contributed by atoms with Crippen LogP contribution in [-0.4, -0.2) is 34.9 Å². The van der Waals surface area contributed by atoms with Gasteiger partial charge in [-0.3, -0.25) is 9.69 Å². The van der Waals surface area contributed by atoms with Gasteiger partial charge in [-0.25, -0.2) is 0 Å². The molecule has 5 heteroatoms. The lowest BCUT2D eigenvalue weighted by Crippen LogP contribution is -2.53. The maximum Gasteiger partial charge on any atom is 0.237 e. The molecule has 100 valence electrons. The number of nitrogens with zero attached hydrogens (tertiary/aromatic N) is 1. The van der Waals surface area contributed by atoms with Gasteiger partial charge in [0.05, 0.1) is 11.1 Å². The van der Waals surface area contributed by atoms with Crippen molar-refractivity contribution in [3.63, 3.8) is 0 Å². The van der Waals surface area contributed by atoms with Gasteiger partial charge in [-0.15, -0.1) is 0 Å². The van der Waals surface area contributed by atoms with Crippen LogP contribution < -0.4 is 5.32 Å². The van der Waals surface area contributed by atoms with Crippen LogP contribution in [0, 0.1) is 0 Å². The molecule has 0 aliphatic carbocycles. The second-order valence-corrected chi connectivity index (χ2v) is 5.36. The van der Waals surface area contributed by atoms with Gasteiger partial charge < -0.3 is 10.3 Å². The number of aromatic amines is 1. The van der Waals surface area contributed by atoms with Crippen LogP contribution in [0.2, 0.25) is 5.02 Å². The summed E-state index contributed by atoms with van der Waals surface area (Å²) in [5.41, 5.74) is 2.23. The minimum absolute atomic E-state index is 0.0725. The highest BCUT2D eigenvalue weighted by Crippen LogP contribution is 2.24. The Balaban J connectivity index is 1.82. The molecule has 0 spiro atoms. The number of fused-ring (bicyclic) bond motifs is 1. The van der Waals surface area contributed by atoms with E-state index in [-0.39, 0.29) is 11.9 Å². The summed E-state index contributed by atoms with van der Waals surface area (Å²) in [6, 6.07) is 6.12. The fraction of sp³-hybridized carbons (Fsp3) is 0.357. The number of piperazine rings is 1. The minimum Gasteiger partial charge on any atom is -0.360 e. The Morgan fingerprint density at radius 2 is 2.32 bits per heavy atom. The average molecular weight is 278 g/mol. The van der Waals surface area contributed by atoms with Gasteiger partial charge in [0.1, 0.15) is 0 Å². The molecule has 1 amide bonds. The molecule has 1 aromatic heterocycles. The number of rotatable bonds is 2. The number of carbonyl (C=O) groups excluding carboxylic acids is 1. The highest BCUT2D eigenvalue weighted by molar-refractivity contribution is 6.35. The van der Waals surface area contributed by atoms with E-state index in [2.05, 4.69) is 27.3 Å². The van der Waals surface area contributed by atoms with Crippen molar-refractivity contribution in [2.45, 2.75) is 19.5 Å². The maximum atomic E-state index is 11.6. The number of H-pyrrole nitrogens is 1. The molecule has 1 aromatic carbocycles. The summed E-state index contributed by atoms with van der Waals surface area (Å²) in [4.78, 5) is 17.0. The number of nitrogens with one attached hydrogen (secondary N) is 2. The number of carbonyl (C=O) groups is 1. The molecule has 0 unspecified atom stereocenters. The largest absolute Gasteiger partial charge is 0.360 e. The molecule has 0 saturated carbocycles. The number of halogens is 1. The average Bonchev–Trinajstić information content (AvgIpc) is 2.76. The van der Waals surface area contributed by atoms with Crippen LogP contribution in [-0.2, 0) is 11.3 Å². The van der Waals surface area contributed by atoms with E-state index in [9.17, 15) is 4.79 Å². The topological polar surface area (TPSA) is 48.1 Å². The normalized spacial score (nSPS) is 20.7. The lowest BCUT2D eigenvalue weighted by Gasteiger charge is -2.32. The third-order valence-corrected chi connectivity index (χ3v) is 4.02. The Labute approximate surface area is 116 Å². The molecule has 1 fully saturated rings. The first-order valence-corrected chi connectivity index (χ1v) is 6.80. The van der Waals surface area contributed by atoms with Crippen LogP contribution in [0.4, 0.5) is 0 Å². The van der Waals surface area contributed by atoms with E-state index >= 15 is 0 Å². The fourth-order valence-electron chi connectivity index (χ4n) is 2.52. The predicted octanol–water partition coefficient (Wildman–Crippen LogP) is 2.14. The van der Waals surface area contributed by atoms with E-state index in [1.54, 1.807) is 6.20 Å². The van der Waals surface area contributed by atoms with Gasteiger partial charge in [-0.05, 0) is 18.6 Å². The zero-order valence-corrected chi connectivity index (χ0v) is 11.5. The number of aromatic nitrogens is 1. The van der Waals surface area contributed by atoms with Crippen molar-refractivity contribution in [1.82, 2.24) is 15.2 Å². The molecule has 19 heavy (non-hydrogen) atoms. The summed E-state index contributed by atoms with van der Waals surface area (Å²) < 4.78 is 0. The zero-order valence-electron chi connectivity index (χ0n) is 10.7. The highest BCUT2D eigenvalue weighted by Gasteiger charge is 2.25. The van der Waals surface area contributed by atoms with Crippen LogP contribution in [0.1, 0.15) is 12.5 Å². The van der Waals surface area contributed by atoms with Crippen molar-refractivity contribution < 1.29 is 4.79 Å². The van der Waals surface area contributed by atoms with Gasteiger partial charge in [0.25, 0.3) is 0 Å². The number of benzene rings is 1. The molecule has 0 radical (unpaired) electrons. The summed E-state index contributed by atoms with van der Waals surface area (Å²) >= 11 is 6.06. The lowest BCUT2D eigenvalue weighted by molar-refractivity contribution is -0.128. The second-order valence-electron chi connectivity index (χ2n) is 4.95. The molecule has 1 atom stereocenters. The first-order valence-electron chi connectivity index (χ1n) is 6.42. The van der Waals surface area contributed by atoms with Crippen molar-refractivity contribution in [2.24, 2.45) is 0 Å². The quantitative estimate of drug-likeness (QED) is 0.884. The van der Waals surface area contributed by atoms with E-state index in [1.165, 1.54) is 5.56 Å². The van der Waals surface area contributed by atoms with Crippen molar-refractivity contribution >= 4 is 28.4 Å². The van der Waals surface area contributed by atoms with Crippen LogP contribution in [0.5, 0.6) is 0 Å². The van der Waals surface area contributed by atoms with E-state index in [1.807, 2.05) is 13.0 Å². The molecule has 3 rings (SSSR count). The molecular weight excluding hydrogens is 262 g/mol. The molecule has 2 aromatic rings. The summed E-state index contributed by atoms with van der Waals surface area (Å²) in [5.74, 6) is 0.107. The maximum absolute atomic E-state index is 11.6. The van der Waals surface area contributed by atoms with Gasteiger partial charge >= 0.3 is 0 Å². The third-order valence-electron chi connectivity index (χ3n) is 3.71. The second kappa shape index (κ2) is 4.87. The summed E-state index contributed by atoms with van der Waals surface area (Å²) in [6.07, 6.45) is 1.80. The van der Waals surface area contributed by atoms with Crippen molar-refractivity contribution in [1.29, 1.82) is 0 Å². The molecule has 1 saturated heterocycles. The fourth-order valence-corrected chi connectivity index (χ4v) is 2.74. The summed E-state index contributed by atoms with van der Waals surface area (Å²) in [5, 5.41) is 4.66. The van der Waals surface area contributed by atoms with Gasteiger partial charge in [0, 0.05) is 36.7 Å². The Bertz CT molecular complexity index is 622. The lowest BCUT2D eigenvalue weighted by atomic mass is 10.1. The van der Waals surface area contributed by atoms with Gasteiger partial charge in [-0.1, -0.05) is 23.7 Å². The number of hydrogen-bond donors (Lipinski definition) is 2. The van der Waals surface area contributed by atoms with Crippen LogP contribution in [0.25, 0.3) is 10.9 Å². The molecular formula is C14H16ClN3O. The van der Waals surface area contributed by atoms with E-state index in [0.29, 0.717) is 0 Å². The Hall–Kier alpha value is -1.52.